The van der Waals surface area contributed by atoms with E-state index in [2.05, 4.69) is 5.32 Å². The van der Waals surface area contributed by atoms with E-state index in [9.17, 15) is 14.0 Å². The van der Waals surface area contributed by atoms with Crippen LogP contribution in [0.5, 0.6) is 0 Å². The van der Waals surface area contributed by atoms with Crippen LogP contribution in [0.4, 0.5) is 15.8 Å². The van der Waals surface area contributed by atoms with Crippen molar-refractivity contribution in [2.24, 2.45) is 0 Å². The van der Waals surface area contributed by atoms with Gasteiger partial charge in [-0.2, -0.15) is 0 Å². The van der Waals surface area contributed by atoms with Gasteiger partial charge in [0.25, 0.3) is 5.91 Å². The first-order chi connectivity index (χ1) is 10.5. The third-order valence-electron chi connectivity index (χ3n) is 3.57. The number of nitrogens with one attached hydrogen (secondary N) is 1. The van der Waals surface area contributed by atoms with Gasteiger partial charge in [-0.15, -0.1) is 0 Å². The van der Waals surface area contributed by atoms with Crippen LogP contribution in [0.25, 0.3) is 0 Å². The van der Waals surface area contributed by atoms with Crippen molar-refractivity contribution in [2.75, 3.05) is 10.2 Å². The molecule has 0 radical (unpaired) electrons. The first-order valence-corrected chi connectivity index (χ1v) is 7.00. The van der Waals surface area contributed by atoms with Gasteiger partial charge >= 0.3 is 0 Å². The van der Waals surface area contributed by atoms with E-state index in [1.807, 2.05) is 13.0 Å². The van der Waals surface area contributed by atoms with E-state index < -0.39 is 11.9 Å². The minimum Gasteiger partial charge on any atom is -0.373 e. The smallest absolute Gasteiger partial charge is 0.256 e. The van der Waals surface area contributed by atoms with E-state index in [1.165, 1.54) is 17.0 Å². The predicted octanol–water partition coefficient (Wildman–Crippen LogP) is 2.88. The van der Waals surface area contributed by atoms with Crippen molar-refractivity contribution >= 4 is 23.2 Å². The number of rotatable bonds is 3. The van der Waals surface area contributed by atoms with Crippen molar-refractivity contribution in [2.45, 2.75) is 19.4 Å². The fraction of sp³-hybridized carbons (Fsp3) is 0.176. The van der Waals surface area contributed by atoms with E-state index in [0.717, 1.165) is 5.56 Å². The number of anilines is 2. The molecule has 1 atom stereocenters. The Labute approximate surface area is 127 Å². The summed E-state index contributed by atoms with van der Waals surface area (Å²) in [5.74, 6) is -0.971. The van der Waals surface area contributed by atoms with Gasteiger partial charge in [0.1, 0.15) is 11.9 Å². The van der Waals surface area contributed by atoms with Crippen LogP contribution in [0, 0.1) is 12.7 Å². The second-order valence-corrected chi connectivity index (χ2v) is 5.32. The first-order valence-electron chi connectivity index (χ1n) is 7.00. The summed E-state index contributed by atoms with van der Waals surface area (Å²) in [4.78, 5) is 25.8. The lowest BCUT2D eigenvalue weighted by Crippen LogP contribution is -2.34. The molecule has 0 bridgehead atoms. The van der Waals surface area contributed by atoms with Crippen molar-refractivity contribution < 1.29 is 14.0 Å². The lowest BCUT2D eigenvalue weighted by atomic mass is 10.2. The van der Waals surface area contributed by atoms with Gasteiger partial charge in [-0.3, -0.25) is 9.59 Å². The molecule has 0 aliphatic carbocycles. The van der Waals surface area contributed by atoms with Gasteiger partial charge in [-0.1, -0.05) is 18.2 Å². The Morgan fingerprint density at radius 1 is 1.14 bits per heavy atom. The highest BCUT2D eigenvalue weighted by Crippen LogP contribution is 2.25. The quantitative estimate of drug-likeness (QED) is 0.886. The van der Waals surface area contributed by atoms with Gasteiger partial charge in [0.15, 0.2) is 0 Å². The van der Waals surface area contributed by atoms with Crippen molar-refractivity contribution in [1.29, 1.82) is 0 Å². The summed E-state index contributed by atoms with van der Waals surface area (Å²) in [6.45, 7) is 1.90. The van der Waals surface area contributed by atoms with Crippen molar-refractivity contribution in [1.82, 2.24) is 0 Å². The van der Waals surface area contributed by atoms with Crippen LogP contribution in [0.2, 0.25) is 0 Å². The summed E-state index contributed by atoms with van der Waals surface area (Å²) in [5, 5.41) is 2.92. The second kappa shape index (κ2) is 5.60. The first kappa shape index (κ1) is 14.3. The predicted molar refractivity (Wildman–Crippen MR) is 82.1 cm³/mol. The number of halogens is 1. The normalized spacial score (nSPS) is 17.9. The van der Waals surface area contributed by atoms with E-state index >= 15 is 0 Å². The van der Waals surface area contributed by atoms with Crippen LogP contribution < -0.4 is 10.2 Å². The average Bonchev–Trinajstić information content (AvgIpc) is 2.73. The van der Waals surface area contributed by atoms with Gasteiger partial charge < -0.3 is 5.32 Å². The molecule has 1 aliphatic heterocycles. The zero-order chi connectivity index (χ0) is 15.7. The van der Waals surface area contributed by atoms with E-state index in [4.69, 9.17) is 0 Å². The van der Waals surface area contributed by atoms with E-state index in [0.29, 0.717) is 11.4 Å². The molecule has 1 saturated heterocycles. The number of hydrogen-bond acceptors (Lipinski definition) is 3. The number of aryl methyl sites for hydroxylation is 1. The SMILES string of the molecule is Cc1cccc(N2C(=O)C[C@@H](Nc3cccc(F)c3)C2=O)c1. The van der Waals surface area contributed by atoms with Gasteiger partial charge in [-0.05, 0) is 42.8 Å². The molecule has 2 aromatic carbocycles. The molecule has 0 aromatic heterocycles. The Bertz CT molecular complexity index is 745. The lowest BCUT2D eigenvalue weighted by molar-refractivity contribution is -0.121. The standard InChI is InChI=1S/C17H15FN2O2/c1-11-4-2-7-14(8-11)20-16(21)10-15(17(20)22)19-13-6-3-5-12(18)9-13/h2-9,15,19H,10H2,1H3/t15-/m1/s1. The topological polar surface area (TPSA) is 49.4 Å². The number of amides is 2. The number of carbonyl (C=O) groups excluding carboxylic acids is 2. The Morgan fingerprint density at radius 2 is 1.91 bits per heavy atom. The largest absolute Gasteiger partial charge is 0.373 e. The Morgan fingerprint density at radius 3 is 2.64 bits per heavy atom. The summed E-state index contributed by atoms with van der Waals surface area (Å²) in [7, 11) is 0. The number of benzene rings is 2. The summed E-state index contributed by atoms with van der Waals surface area (Å²) in [5.41, 5.74) is 2.02. The summed E-state index contributed by atoms with van der Waals surface area (Å²) < 4.78 is 13.2. The molecule has 2 amide bonds. The highest BCUT2D eigenvalue weighted by atomic mass is 19.1. The molecule has 0 saturated carbocycles. The zero-order valence-electron chi connectivity index (χ0n) is 12.0. The van der Waals surface area contributed by atoms with Crippen molar-refractivity contribution in [3.05, 3.63) is 59.9 Å². The molecule has 112 valence electrons. The van der Waals surface area contributed by atoms with Crippen LogP contribution in [-0.2, 0) is 9.59 Å². The Hall–Kier alpha value is -2.69. The van der Waals surface area contributed by atoms with Crippen molar-refractivity contribution in [3.63, 3.8) is 0 Å². The maximum Gasteiger partial charge on any atom is 0.256 e. The average molecular weight is 298 g/mol. The van der Waals surface area contributed by atoms with Crippen LogP contribution in [0.3, 0.4) is 0 Å². The zero-order valence-corrected chi connectivity index (χ0v) is 12.0. The monoisotopic (exact) mass is 298 g/mol. The lowest BCUT2D eigenvalue weighted by Gasteiger charge is -2.16. The molecule has 0 unspecified atom stereocenters. The Balaban J connectivity index is 1.82. The van der Waals surface area contributed by atoms with Gasteiger partial charge in [0.2, 0.25) is 5.91 Å². The number of nitrogens with zero attached hydrogens (tertiary/aromatic N) is 1. The summed E-state index contributed by atoms with van der Waals surface area (Å²) in [6.07, 6.45) is 0.0588. The molecular weight excluding hydrogens is 283 g/mol. The minimum absolute atomic E-state index is 0.0588. The summed E-state index contributed by atoms with van der Waals surface area (Å²) in [6, 6.07) is 12.4. The molecule has 1 heterocycles. The highest BCUT2D eigenvalue weighted by molar-refractivity contribution is 6.23. The van der Waals surface area contributed by atoms with E-state index in [-0.39, 0.29) is 18.2 Å². The fourth-order valence-electron chi connectivity index (χ4n) is 2.56. The van der Waals surface area contributed by atoms with Crippen LogP contribution in [0.15, 0.2) is 48.5 Å². The maximum absolute atomic E-state index is 13.2. The third kappa shape index (κ3) is 2.70. The van der Waals surface area contributed by atoms with Crippen LogP contribution >= 0.6 is 0 Å². The number of hydrogen-bond donors (Lipinski definition) is 1. The van der Waals surface area contributed by atoms with Crippen molar-refractivity contribution in [3.8, 4) is 0 Å². The third-order valence-corrected chi connectivity index (χ3v) is 3.57. The van der Waals surface area contributed by atoms with Gasteiger partial charge in [0, 0.05) is 5.69 Å². The molecule has 0 spiro atoms. The number of carbonyl (C=O) groups is 2. The maximum atomic E-state index is 13.2. The number of imide groups is 1. The molecule has 4 nitrogen and oxygen atoms in total. The molecule has 22 heavy (non-hydrogen) atoms. The molecular formula is C17H15FN2O2. The van der Waals surface area contributed by atoms with Gasteiger partial charge in [-0.25, -0.2) is 9.29 Å². The van der Waals surface area contributed by atoms with Crippen LogP contribution in [-0.4, -0.2) is 17.9 Å². The van der Waals surface area contributed by atoms with Crippen LogP contribution in [0.1, 0.15) is 12.0 Å². The second-order valence-electron chi connectivity index (χ2n) is 5.32. The molecule has 3 rings (SSSR count). The molecule has 2 aromatic rings. The van der Waals surface area contributed by atoms with Gasteiger partial charge in [0.05, 0.1) is 12.1 Å². The minimum atomic E-state index is -0.671. The Kier molecular flexibility index (Phi) is 3.63. The summed E-state index contributed by atoms with van der Waals surface area (Å²) >= 11 is 0. The molecule has 1 fully saturated rings. The fourth-order valence-corrected chi connectivity index (χ4v) is 2.56. The molecule has 1 aliphatic rings. The molecule has 5 heteroatoms. The highest BCUT2D eigenvalue weighted by Gasteiger charge is 2.39. The van der Waals surface area contributed by atoms with E-state index in [1.54, 1.807) is 30.3 Å². The molecule has 1 N–H and O–H groups in total.